The van der Waals surface area contributed by atoms with Crippen LogP contribution in [0.25, 0.3) is 11.1 Å². The first-order chi connectivity index (χ1) is 16.2. The topological polar surface area (TPSA) is 65.4 Å². The van der Waals surface area contributed by atoms with Crippen LogP contribution in [0.4, 0.5) is 14.5 Å². The molecule has 6 nitrogen and oxygen atoms in total. The maximum atomic E-state index is 13.4. The number of rotatable bonds is 7. The van der Waals surface area contributed by atoms with Gasteiger partial charge in [-0.15, -0.1) is 0 Å². The molecule has 1 aromatic heterocycles. The predicted octanol–water partition coefficient (Wildman–Crippen LogP) is 5.83. The highest BCUT2D eigenvalue weighted by atomic mass is 19.3. The van der Waals surface area contributed by atoms with Crippen molar-refractivity contribution in [3.63, 3.8) is 0 Å². The van der Waals surface area contributed by atoms with Crippen molar-refractivity contribution in [3.8, 4) is 16.9 Å². The summed E-state index contributed by atoms with van der Waals surface area (Å²) in [4.78, 5) is 11.6. The van der Waals surface area contributed by atoms with Crippen molar-refractivity contribution >= 4 is 11.7 Å². The van der Waals surface area contributed by atoms with Crippen LogP contribution in [-0.2, 0) is 16.1 Å². The number of nitrogens with one attached hydrogen (secondary N) is 1. The van der Waals surface area contributed by atoms with Gasteiger partial charge in [0.1, 0.15) is 5.75 Å². The van der Waals surface area contributed by atoms with E-state index >= 15 is 0 Å². The number of ether oxygens (including phenoxy) is 2. The van der Waals surface area contributed by atoms with Crippen LogP contribution in [0.15, 0.2) is 30.3 Å². The lowest BCUT2D eigenvalue weighted by atomic mass is 9.91. The quantitative estimate of drug-likeness (QED) is 0.441. The Bertz CT molecular complexity index is 1240. The Labute approximate surface area is 197 Å². The average Bonchev–Trinajstić information content (AvgIpc) is 3.33. The van der Waals surface area contributed by atoms with Crippen LogP contribution in [0.3, 0.4) is 0 Å². The lowest BCUT2D eigenvalue weighted by Gasteiger charge is -2.17. The predicted molar refractivity (Wildman–Crippen MR) is 127 cm³/mol. The molecule has 0 fully saturated rings. The zero-order valence-electron chi connectivity index (χ0n) is 20.0. The summed E-state index contributed by atoms with van der Waals surface area (Å²) in [5.41, 5.74) is 7.78. The molecule has 8 heteroatoms. The van der Waals surface area contributed by atoms with Gasteiger partial charge in [-0.1, -0.05) is 18.2 Å². The lowest BCUT2D eigenvalue weighted by Crippen LogP contribution is -2.09. The van der Waals surface area contributed by atoms with E-state index in [9.17, 15) is 13.6 Å². The number of methoxy groups -OCH3 is 1. The minimum Gasteiger partial charge on any atom is -0.493 e. The Morgan fingerprint density at radius 2 is 1.97 bits per heavy atom. The van der Waals surface area contributed by atoms with E-state index in [1.54, 1.807) is 13.8 Å². The van der Waals surface area contributed by atoms with Gasteiger partial charge in [-0.05, 0) is 56.0 Å². The zero-order valence-corrected chi connectivity index (χ0v) is 20.0. The van der Waals surface area contributed by atoms with E-state index in [0.29, 0.717) is 31.0 Å². The van der Waals surface area contributed by atoms with Crippen LogP contribution in [0, 0.1) is 27.7 Å². The van der Waals surface area contributed by atoms with E-state index in [1.165, 1.54) is 7.11 Å². The summed E-state index contributed by atoms with van der Waals surface area (Å²) in [5, 5.41) is 7.50. The summed E-state index contributed by atoms with van der Waals surface area (Å²) in [5.74, 6) is 0.517. The van der Waals surface area contributed by atoms with E-state index in [0.717, 1.165) is 49.5 Å². The molecule has 0 amide bonds. The minimum absolute atomic E-state index is 0.000893. The van der Waals surface area contributed by atoms with Crippen LogP contribution in [0.2, 0.25) is 0 Å². The van der Waals surface area contributed by atoms with Gasteiger partial charge in [-0.25, -0.2) is 4.68 Å². The van der Waals surface area contributed by atoms with Crippen molar-refractivity contribution in [1.29, 1.82) is 0 Å². The number of aryl methyl sites for hydroxylation is 2. The second-order valence-corrected chi connectivity index (χ2v) is 8.70. The average molecular weight is 470 g/mol. The van der Waals surface area contributed by atoms with Crippen LogP contribution >= 0.6 is 0 Å². The van der Waals surface area contributed by atoms with Gasteiger partial charge in [-0.3, -0.25) is 4.79 Å². The summed E-state index contributed by atoms with van der Waals surface area (Å²) in [7, 11) is 1.39. The van der Waals surface area contributed by atoms with Crippen LogP contribution in [-0.4, -0.2) is 29.5 Å². The van der Waals surface area contributed by atoms with Crippen molar-refractivity contribution in [2.24, 2.45) is 0 Å². The standard InChI is InChI=1S/C26H29F2N3O3/c1-14-6-7-18(15(2)24(14)25-16(3)30-31(17(25)4)26(27)28)12-29-20-8-9-21-19(10-23(32)33-5)13-34-22(21)11-20/h6-9,11,19,26,29H,10,12-13H2,1-5H3. The van der Waals surface area contributed by atoms with Crippen LogP contribution < -0.4 is 10.1 Å². The molecule has 1 atom stereocenters. The molecule has 1 N–H and O–H groups in total. The summed E-state index contributed by atoms with van der Waals surface area (Å²) >= 11 is 0. The van der Waals surface area contributed by atoms with E-state index in [2.05, 4.69) is 16.5 Å². The molecule has 34 heavy (non-hydrogen) atoms. The highest BCUT2D eigenvalue weighted by Gasteiger charge is 2.27. The van der Waals surface area contributed by atoms with Crippen molar-refractivity contribution < 1.29 is 23.0 Å². The molecule has 2 heterocycles. The number of nitrogens with zero attached hydrogens (tertiary/aromatic N) is 2. The van der Waals surface area contributed by atoms with Gasteiger partial charge < -0.3 is 14.8 Å². The Kier molecular flexibility index (Phi) is 6.59. The number of esters is 1. The van der Waals surface area contributed by atoms with Crippen molar-refractivity contribution in [3.05, 3.63) is 64.0 Å². The summed E-state index contributed by atoms with van der Waals surface area (Å²) < 4.78 is 38.1. The smallest absolute Gasteiger partial charge is 0.333 e. The molecule has 1 unspecified atom stereocenters. The van der Waals surface area contributed by atoms with E-state index < -0.39 is 6.55 Å². The largest absolute Gasteiger partial charge is 0.493 e. The van der Waals surface area contributed by atoms with Gasteiger partial charge in [0.05, 0.1) is 25.8 Å². The molecular weight excluding hydrogens is 440 g/mol. The summed E-state index contributed by atoms with van der Waals surface area (Å²) in [6, 6.07) is 9.97. The highest BCUT2D eigenvalue weighted by molar-refractivity contribution is 5.76. The van der Waals surface area contributed by atoms with Gasteiger partial charge in [0.15, 0.2) is 0 Å². The maximum absolute atomic E-state index is 13.4. The zero-order chi connectivity index (χ0) is 24.6. The molecule has 0 bridgehead atoms. The monoisotopic (exact) mass is 469 g/mol. The molecule has 3 aromatic rings. The first kappa shape index (κ1) is 23.7. The maximum Gasteiger partial charge on any atom is 0.333 e. The van der Waals surface area contributed by atoms with E-state index in [-0.39, 0.29) is 11.9 Å². The van der Waals surface area contributed by atoms with Crippen LogP contribution in [0.5, 0.6) is 5.75 Å². The molecule has 0 radical (unpaired) electrons. The SMILES string of the molecule is COC(=O)CC1COc2cc(NCc3ccc(C)c(-c4c(C)nn(C(F)F)c4C)c3C)ccc21. The first-order valence-corrected chi connectivity index (χ1v) is 11.2. The van der Waals surface area contributed by atoms with Gasteiger partial charge >= 0.3 is 12.5 Å². The van der Waals surface area contributed by atoms with Crippen LogP contribution in [0.1, 0.15) is 52.5 Å². The molecular formula is C26H29F2N3O3. The van der Waals surface area contributed by atoms with Gasteiger partial charge in [0, 0.05) is 41.0 Å². The number of hydrogen-bond acceptors (Lipinski definition) is 5. The number of alkyl halides is 2. The highest BCUT2D eigenvalue weighted by Crippen LogP contribution is 2.39. The second kappa shape index (κ2) is 9.44. The Morgan fingerprint density at radius 1 is 1.21 bits per heavy atom. The number of anilines is 1. The third kappa shape index (κ3) is 4.36. The number of carbonyl (C=O) groups is 1. The third-order valence-corrected chi connectivity index (χ3v) is 6.56. The van der Waals surface area contributed by atoms with Gasteiger partial charge in [0.2, 0.25) is 0 Å². The molecule has 4 rings (SSSR count). The lowest BCUT2D eigenvalue weighted by molar-refractivity contribution is -0.141. The molecule has 1 aliphatic rings. The molecule has 0 aliphatic carbocycles. The molecule has 0 saturated carbocycles. The van der Waals surface area contributed by atoms with Gasteiger partial charge in [-0.2, -0.15) is 13.9 Å². The summed E-state index contributed by atoms with van der Waals surface area (Å²) in [6.45, 7) is 5.80. The van der Waals surface area contributed by atoms with Crippen molar-refractivity contribution in [2.75, 3.05) is 19.0 Å². The summed E-state index contributed by atoms with van der Waals surface area (Å²) in [6.07, 6.45) is 0.294. The molecule has 180 valence electrons. The van der Waals surface area contributed by atoms with Crippen molar-refractivity contribution in [1.82, 2.24) is 9.78 Å². The van der Waals surface area contributed by atoms with E-state index in [1.807, 2.05) is 38.1 Å². The fourth-order valence-electron chi connectivity index (χ4n) is 4.72. The van der Waals surface area contributed by atoms with Crippen molar-refractivity contribution in [2.45, 2.75) is 53.1 Å². The number of hydrogen-bond donors (Lipinski definition) is 1. The fraction of sp³-hybridized carbons (Fsp3) is 0.385. The third-order valence-electron chi connectivity index (χ3n) is 6.56. The number of halogens is 2. The second-order valence-electron chi connectivity index (χ2n) is 8.70. The van der Waals surface area contributed by atoms with Gasteiger partial charge in [0.25, 0.3) is 0 Å². The first-order valence-electron chi connectivity index (χ1n) is 11.2. The number of carbonyl (C=O) groups excluding carboxylic acids is 1. The normalized spacial score (nSPS) is 14.8. The number of benzene rings is 2. The Morgan fingerprint density at radius 3 is 2.65 bits per heavy atom. The molecule has 1 aliphatic heterocycles. The number of aromatic nitrogens is 2. The molecule has 2 aromatic carbocycles. The molecule has 0 spiro atoms. The Balaban J connectivity index is 1.56. The Hall–Kier alpha value is -3.42. The number of fused-ring (bicyclic) bond motifs is 1. The minimum atomic E-state index is -2.67. The molecule has 0 saturated heterocycles. The fourth-order valence-corrected chi connectivity index (χ4v) is 4.72. The van der Waals surface area contributed by atoms with E-state index in [4.69, 9.17) is 9.47 Å².